The summed E-state index contributed by atoms with van der Waals surface area (Å²) in [5.41, 5.74) is 1.67. The van der Waals surface area contributed by atoms with Crippen LogP contribution >= 0.6 is 15.9 Å². The zero-order valence-corrected chi connectivity index (χ0v) is 10.5. The summed E-state index contributed by atoms with van der Waals surface area (Å²) in [5, 5.41) is 9.69. The second-order valence-corrected chi connectivity index (χ2v) is 4.90. The maximum absolute atomic E-state index is 10.8. The molecule has 0 fully saturated rings. The van der Waals surface area contributed by atoms with E-state index in [9.17, 15) is 4.79 Å². The number of fused-ring (bicyclic) bond motifs is 1. The first-order valence-electron chi connectivity index (χ1n) is 4.95. The Morgan fingerprint density at radius 1 is 1.38 bits per heavy atom. The van der Waals surface area contributed by atoms with Gasteiger partial charge in [0.25, 0.3) is 0 Å². The fraction of sp³-hybridized carbons (Fsp3) is 0.250. The summed E-state index contributed by atoms with van der Waals surface area (Å²) >= 11 is 3.41. The lowest BCUT2D eigenvalue weighted by Crippen LogP contribution is -1.91. The molecule has 0 spiro atoms. The van der Waals surface area contributed by atoms with Crippen LogP contribution in [0.25, 0.3) is 11.0 Å². The SMILES string of the molecule is CC(C)c1cc(Br)cc2cc(C(=O)O)oc12. The average molecular weight is 283 g/mol. The van der Waals surface area contributed by atoms with Crippen molar-refractivity contribution in [3.63, 3.8) is 0 Å². The van der Waals surface area contributed by atoms with E-state index in [0.29, 0.717) is 5.58 Å². The van der Waals surface area contributed by atoms with Crippen LogP contribution in [-0.2, 0) is 0 Å². The summed E-state index contributed by atoms with van der Waals surface area (Å²) in [6.07, 6.45) is 0. The maximum atomic E-state index is 10.8. The molecule has 4 heteroatoms. The number of furan rings is 1. The average Bonchev–Trinajstić information content (AvgIpc) is 2.59. The van der Waals surface area contributed by atoms with Crippen LogP contribution in [0.15, 0.2) is 27.1 Å². The number of carboxylic acid groups (broad SMARTS) is 1. The van der Waals surface area contributed by atoms with E-state index in [1.165, 1.54) is 0 Å². The molecular formula is C12H11BrO3. The predicted octanol–water partition coefficient (Wildman–Crippen LogP) is 4.02. The van der Waals surface area contributed by atoms with Gasteiger partial charge in [-0.1, -0.05) is 29.8 Å². The quantitative estimate of drug-likeness (QED) is 0.905. The highest BCUT2D eigenvalue weighted by Crippen LogP contribution is 2.31. The molecule has 1 aromatic carbocycles. The summed E-state index contributed by atoms with van der Waals surface area (Å²) in [6, 6.07) is 5.37. The number of benzene rings is 1. The molecule has 0 bridgehead atoms. The second kappa shape index (κ2) is 3.94. The number of aromatic carboxylic acids is 1. The number of hydrogen-bond donors (Lipinski definition) is 1. The molecular weight excluding hydrogens is 272 g/mol. The molecule has 2 aromatic rings. The lowest BCUT2D eigenvalue weighted by Gasteiger charge is -2.06. The molecule has 16 heavy (non-hydrogen) atoms. The summed E-state index contributed by atoms with van der Waals surface area (Å²) in [6.45, 7) is 4.09. The van der Waals surface area contributed by atoms with E-state index >= 15 is 0 Å². The first kappa shape index (κ1) is 11.2. The van der Waals surface area contributed by atoms with E-state index in [1.54, 1.807) is 6.07 Å². The minimum atomic E-state index is -1.04. The van der Waals surface area contributed by atoms with Crippen molar-refractivity contribution < 1.29 is 14.3 Å². The zero-order valence-electron chi connectivity index (χ0n) is 8.95. The van der Waals surface area contributed by atoms with E-state index in [-0.39, 0.29) is 11.7 Å². The third kappa shape index (κ3) is 1.85. The lowest BCUT2D eigenvalue weighted by molar-refractivity contribution is 0.0665. The maximum Gasteiger partial charge on any atom is 0.371 e. The van der Waals surface area contributed by atoms with Crippen LogP contribution < -0.4 is 0 Å². The minimum absolute atomic E-state index is 0.0185. The fourth-order valence-electron chi connectivity index (χ4n) is 1.68. The lowest BCUT2D eigenvalue weighted by atomic mass is 10.0. The minimum Gasteiger partial charge on any atom is -0.475 e. The summed E-state index contributed by atoms with van der Waals surface area (Å²) in [5.74, 6) is -0.773. The van der Waals surface area contributed by atoms with Crippen LogP contribution in [0, 0.1) is 0 Å². The van der Waals surface area contributed by atoms with E-state index in [4.69, 9.17) is 9.52 Å². The van der Waals surface area contributed by atoms with Gasteiger partial charge in [0.05, 0.1) is 0 Å². The first-order chi connectivity index (χ1) is 7.49. The highest BCUT2D eigenvalue weighted by molar-refractivity contribution is 9.10. The van der Waals surface area contributed by atoms with Gasteiger partial charge in [0.2, 0.25) is 5.76 Å². The normalized spacial score (nSPS) is 11.2. The van der Waals surface area contributed by atoms with Gasteiger partial charge in [-0.2, -0.15) is 0 Å². The molecule has 0 saturated heterocycles. The molecule has 0 saturated carbocycles. The molecule has 0 aliphatic rings. The third-order valence-electron chi connectivity index (χ3n) is 2.44. The molecule has 0 atom stereocenters. The van der Waals surface area contributed by atoms with Crippen molar-refractivity contribution in [3.8, 4) is 0 Å². The van der Waals surface area contributed by atoms with Crippen molar-refractivity contribution in [2.24, 2.45) is 0 Å². The standard InChI is InChI=1S/C12H11BrO3/c1-6(2)9-5-8(13)3-7-4-10(12(14)15)16-11(7)9/h3-6H,1-2H3,(H,14,15). The molecule has 0 aliphatic heterocycles. The Hall–Kier alpha value is -1.29. The van der Waals surface area contributed by atoms with Crippen molar-refractivity contribution in [3.05, 3.63) is 34.0 Å². The van der Waals surface area contributed by atoms with Gasteiger partial charge >= 0.3 is 5.97 Å². The molecule has 1 aromatic heterocycles. The molecule has 0 aliphatic carbocycles. The van der Waals surface area contributed by atoms with Crippen molar-refractivity contribution in [2.45, 2.75) is 19.8 Å². The highest BCUT2D eigenvalue weighted by atomic mass is 79.9. The van der Waals surface area contributed by atoms with Crippen LogP contribution in [0.2, 0.25) is 0 Å². The third-order valence-corrected chi connectivity index (χ3v) is 2.90. The Morgan fingerprint density at radius 3 is 2.62 bits per heavy atom. The van der Waals surface area contributed by atoms with Crippen LogP contribution in [-0.4, -0.2) is 11.1 Å². The summed E-state index contributed by atoms with van der Waals surface area (Å²) in [4.78, 5) is 10.8. The molecule has 1 N–H and O–H groups in total. The molecule has 0 amide bonds. The van der Waals surface area contributed by atoms with E-state index in [2.05, 4.69) is 15.9 Å². The number of halogens is 1. The van der Waals surface area contributed by atoms with Crippen molar-refractivity contribution in [1.29, 1.82) is 0 Å². The monoisotopic (exact) mass is 282 g/mol. The molecule has 0 radical (unpaired) electrons. The van der Waals surface area contributed by atoms with Gasteiger partial charge in [0, 0.05) is 9.86 Å². The Morgan fingerprint density at radius 2 is 2.06 bits per heavy atom. The van der Waals surface area contributed by atoms with Gasteiger partial charge in [-0.25, -0.2) is 4.79 Å². The number of rotatable bonds is 2. The molecule has 0 unspecified atom stereocenters. The van der Waals surface area contributed by atoms with Gasteiger partial charge in [-0.3, -0.25) is 0 Å². The molecule has 2 rings (SSSR count). The fourth-order valence-corrected chi connectivity index (χ4v) is 2.17. The van der Waals surface area contributed by atoms with Gasteiger partial charge in [0.1, 0.15) is 5.58 Å². The predicted molar refractivity (Wildman–Crippen MR) is 65.0 cm³/mol. The van der Waals surface area contributed by atoms with Gasteiger partial charge in [0.15, 0.2) is 0 Å². The van der Waals surface area contributed by atoms with Crippen molar-refractivity contribution in [1.82, 2.24) is 0 Å². The van der Waals surface area contributed by atoms with Crippen molar-refractivity contribution in [2.75, 3.05) is 0 Å². The summed E-state index contributed by atoms with van der Waals surface area (Å²) in [7, 11) is 0. The van der Waals surface area contributed by atoms with E-state index in [1.807, 2.05) is 26.0 Å². The van der Waals surface area contributed by atoms with E-state index in [0.717, 1.165) is 15.4 Å². The van der Waals surface area contributed by atoms with Crippen LogP contribution in [0.3, 0.4) is 0 Å². The molecule has 1 heterocycles. The highest BCUT2D eigenvalue weighted by Gasteiger charge is 2.15. The summed E-state index contributed by atoms with van der Waals surface area (Å²) < 4.78 is 6.29. The van der Waals surface area contributed by atoms with E-state index < -0.39 is 5.97 Å². The molecule has 84 valence electrons. The van der Waals surface area contributed by atoms with Crippen LogP contribution in [0.4, 0.5) is 0 Å². The Labute approximate surface area is 101 Å². The van der Waals surface area contributed by atoms with Crippen molar-refractivity contribution >= 4 is 32.9 Å². The number of carboxylic acids is 1. The molecule has 3 nitrogen and oxygen atoms in total. The topological polar surface area (TPSA) is 50.4 Å². The number of carbonyl (C=O) groups is 1. The Balaban J connectivity index is 2.75. The van der Waals surface area contributed by atoms with Gasteiger partial charge in [-0.15, -0.1) is 0 Å². The Kier molecular flexibility index (Phi) is 2.76. The second-order valence-electron chi connectivity index (χ2n) is 3.98. The zero-order chi connectivity index (χ0) is 11.9. The number of hydrogen-bond acceptors (Lipinski definition) is 2. The smallest absolute Gasteiger partial charge is 0.371 e. The largest absolute Gasteiger partial charge is 0.475 e. The first-order valence-corrected chi connectivity index (χ1v) is 5.74. The van der Waals surface area contributed by atoms with Gasteiger partial charge in [-0.05, 0) is 29.7 Å². The van der Waals surface area contributed by atoms with Crippen LogP contribution in [0.5, 0.6) is 0 Å². The van der Waals surface area contributed by atoms with Crippen LogP contribution in [0.1, 0.15) is 35.9 Å². The van der Waals surface area contributed by atoms with Gasteiger partial charge < -0.3 is 9.52 Å². The Bertz CT molecular complexity index is 555.